The van der Waals surface area contributed by atoms with Gasteiger partial charge in [-0.1, -0.05) is 31.2 Å². The molecular weight excluding hydrogens is 266 g/mol. The smallest absolute Gasteiger partial charge is 0.307 e. The van der Waals surface area contributed by atoms with Crippen molar-refractivity contribution in [2.45, 2.75) is 26.4 Å². The van der Waals surface area contributed by atoms with E-state index in [-0.39, 0.29) is 11.2 Å². The minimum Gasteiger partial charge on any atom is -0.307 e. The first-order valence-electron chi connectivity index (χ1n) is 7.07. The monoisotopic (exact) mass is 287 g/mol. The summed E-state index contributed by atoms with van der Waals surface area (Å²) in [5.74, 6) is 0. The second-order valence-electron chi connectivity index (χ2n) is 5.15. The third-order valence-corrected chi connectivity index (χ3v) is 3.69. The summed E-state index contributed by atoms with van der Waals surface area (Å²) < 4.78 is 2.60. The van der Waals surface area contributed by atoms with Crippen molar-refractivity contribution in [2.24, 2.45) is 14.1 Å². The minimum atomic E-state index is -0.299. The summed E-state index contributed by atoms with van der Waals surface area (Å²) in [5.41, 5.74) is 2.61. The van der Waals surface area contributed by atoms with Gasteiger partial charge in [0.15, 0.2) is 0 Å². The Balaban J connectivity index is 2.03. The van der Waals surface area contributed by atoms with Crippen LogP contribution in [0, 0.1) is 0 Å². The Morgan fingerprint density at radius 2 is 1.57 bits per heavy atom. The van der Waals surface area contributed by atoms with Gasteiger partial charge in [0.25, 0.3) is 5.56 Å². The molecule has 21 heavy (non-hydrogen) atoms. The summed E-state index contributed by atoms with van der Waals surface area (Å²) in [6.45, 7) is 3.31. The van der Waals surface area contributed by atoms with Crippen molar-refractivity contribution >= 4 is 0 Å². The molecule has 0 spiro atoms. The summed E-state index contributed by atoms with van der Waals surface area (Å²) in [6.07, 6.45) is 1.03. The Kier molecular flexibility index (Phi) is 4.75. The number of nitrogens with zero attached hydrogens (tertiary/aromatic N) is 2. The van der Waals surface area contributed by atoms with Gasteiger partial charge in [-0.25, -0.2) is 4.79 Å². The van der Waals surface area contributed by atoms with Crippen LogP contribution in [0.1, 0.15) is 23.7 Å². The SMILES string of the molecule is CCc1ccc(CNCc2cc(=O)n(C)c(=O)n2C)cc1. The molecule has 112 valence electrons. The first-order chi connectivity index (χ1) is 10.0. The second-order valence-corrected chi connectivity index (χ2v) is 5.15. The topological polar surface area (TPSA) is 56.0 Å². The van der Waals surface area contributed by atoms with E-state index in [0.29, 0.717) is 18.8 Å². The molecule has 0 saturated carbocycles. The molecular formula is C16H21N3O2. The van der Waals surface area contributed by atoms with Crippen molar-refractivity contribution in [1.29, 1.82) is 0 Å². The van der Waals surface area contributed by atoms with Crippen LogP contribution in [-0.4, -0.2) is 9.13 Å². The van der Waals surface area contributed by atoms with E-state index in [1.807, 2.05) is 0 Å². The molecule has 5 heteroatoms. The summed E-state index contributed by atoms with van der Waals surface area (Å²) in [5, 5.41) is 3.26. The van der Waals surface area contributed by atoms with Crippen LogP contribution in [0.15, 0.2) is 39.9 Å². The van der Waals surface area contributed by atoms with E-state index < -0.39 is 0 Å². The molecule has 0 fully saturated rings. The molecule has 0 atom stereocenters. The standard InChI is InChI=1S/C16H21N3O2/c1-4-12-5-7-13(8-6-12)10-17-11-14-9-15(20)19(3)16(21)18(14)2/h5-9,17H,4,10-11H2,1-3H3. The van der Waals surface area contributed by atoms with E-state index in [0.717, 1.165) is 11.0 Å². The first-order valence-corrected chi connectivity index (χ1v) is 7.07. The van der Waals surface area contributed by atoms with Crippen LogP contribution in [0.3, 0.4) is 0 Å². The molecule has 1 aromatic carbocycles. The number of aromatic nitrogens is 2. The van der Waals surface area contributed by atoms with E-state index in [1.165, 1.54) is 28.8 Å². The highest BCUT2D eigenvalue weighted by Crippen LogP contribution is 2.05. The van der Waals surface area contributed by atoms with E-state index in [9.17, 15) is 9.59 Å². The van der Waals surface area contributed by atoms with Crippen molar-refractivity contribution in [3.8, 4) is 0 Å². The molecule has 0 aliphatic carbocycles. The fourth-order valence-electron chi connectivity index (χ4n) is 2.18. The summed E-state index contributed by atoms with van der Waals surface area (Å²) in [6, 6.07) is 9.91. The van der Waals surface area contributed by atoms with Crippen molar-refractivity contribution in [3.05, 3.63) is 68.0 Å². The number of rotatable bonds is 5. The molecule has 5 nitrogen and oxygen atoms in total. The van der Waals surface area contributed by atoms with E-state index >= 15 is 0 Å². The Morgan fingerprint density at radius 1 is 0.952 bits per heavy atom. The molecule has 0 unspecified atom stereocenters. The average Bonchev–Trinajstić information content (AvgIpc) is 2.51. The number of nitrogens with one attached hydrogen (secondary N) is 1. The second kappa shape index (κ2) is 6.54. The van der Waals surface area contributed by atoms with Crippen LogP contribution >= 0.6 is 0 Å². The van der Waals surface area contributed by atoms with Gasteiger partial charge >= 0.3 is 5.69 Å². The van der Waals surface area contributed by atoms with Gasteiger partial charge in [-0.05, 0) is 17.5 Å². The Bertz CT molecular complexity index is 727. The Morgan fingerprint density at radius 3 is 2.19 bits per heavy atom. The van der Waals surface area contributed by atoms with Gasteiger partial charge in [0.2, 0.25) is 0 Å². The fraction of sp³-hybridized carbons (Fsp3) is 0.375. The maximum atomic E-state index is 11.8. The lowest BCUT2D eigenvalue weighted by Gasteiger charge is -2.10. The van der Waals surface area contributed by atoms with Gasteiger partial charge < -0.3 is 5.32 Å². The molecule has 2 aromatic rings. The molecule has 0 aliphatic heterocycles. The number of benzene rings is 1. The van der Waals surface area contributed by atoms with Gasteiger partial charge in [0, 0.05) is 38.9 Å². The predicted octanol–water partition coefficient (Wildman–Crippen LogP) is 0.936. The van der Waals surface area contributed by atoms with Crippen LogP contribution in [0.4, 0.5) is 0 Å². The summed E-state index contributed by atoms with van der Waals surface area (Å²) >= 11 is 0. The highest BCUT2D eigenvalue weighted by Gasteiger charge is 2.05. The number of aryl methyl sites for hydroxylation is 1. The Hall–Kier alpha value is -2.14. The summed E-state index contributed by atoms with van der Waals surface area (Å²) in [7, 11) is 3.16. The van der Waals surface area contributed by atoms with Crippen molar-refractivity contribution in [1.82, 2.24) is 14.5 Å². The normalized spacial score (nSPS) is 10.8. The zero-order valence-corrected chi connectivity index (χ0v) is 12.7. The van der Waals surface area contributed by atoms with Crippen LogP contribution in [-0.2, 0) is 33.6 Å². The number of hydrogen-bond donors (Lipinski definition) is 1. The van der Waals surface area contributed by atoms with Crippen molar-refractivity contribution in [3.63, 3.8) is 0 Å². The number of hydrogen-bond acceptors (Lipinski definition) is 3. The van der Waals surface area contributed by atoms with Gasteiger partial charge in [0.05, 0.1) is 0 Å². The largest absolute Gasteiger partial charge is 0.330 e. The molecule has 1 aromatic heterocycles. The molecule has 0 saturated heterocycles. The van der Waals surface area contributed by atoms with Crippen molar-refractivity contribution < 1.29 is 0 Å². The Labute approximate surface area is 123 Å². The highest BCUT2D eigenvalue weighted by molar-refractivity contribution is 5.22. The third-order valence-electron chi connectivity index (χ3n) is 3.69. The zero-order chi connectivity index (χ0) is 15.4. The lowest BCUT2D eigenvalue weighted by Crippen LogP contribution is -2.38. The van der Waals surface area contributed by atoms with E-state index in [2.05, 4.69) is 36.5 Å². The maximum absolute atomic E-state index is 11.8. The predicted molar refractivity (Wildman–Crippen MR) is 83.3 cm³/mol. The molecule has 0 radical (unpaired) electrons. The van der Waals surface area contributed by atoms with Crippen LogP contribution < -0.4 is 16.6 Å². The quantitative estimate of drug-likeness (QED) is 0.890. The zero-order valence-electron chi connectivity index (χ0n) is 12.7. The van der Waals surface area contributed by atoms with Crippen molar-refractivity contribution in [2.75, 3.05) is 0 Å². The van der Waals surface area contributed by atoms with Crippen LogP contribution in [0.25, 0.3) is 0 Å². The average molecular weight is 287 g/mol. The summed E-state index contributed by atoms with van der Waals surface area (Å²) in [4.78, 5) is 23.5. The molecule has 0 amide bonds. The molecule has 1 N–H and O–H groups in total. The molecule has 0 aliphatic rings. The van der Waals surface area contributed by atoms with Gasteiger partial charge in [0.1, 0.15) is 0 Å². The third kappa shape index (κ3) is 3.49. The van der Waals surface area contributed by atoms with Gasteiger partial charge in [-0.3, -0.25) is 13.9 Å². The van der Waals surface area contributed by atoms with Gasteiger partial charge in [-0.2, -0.15) is 0 Å². The lowest BCUT2D eigenvalue weighted by atomic mass is 10.1. The highest BCUT2D eigenvalue weighted by atomic mass is 16.2. The van der Waals surface area contributed by atoms with Crippen LogP contribution in [0.5, 0.6) is 0 Å². The van der Waals surface area contributed by atoms with E-state index in [4.69, 9.17) is 0 Å². The molecule has 1 heterocycles. The fourth-order valence-corrected chi connectivity index (χ4v) is 2.18. The minimum absolute atomic E-state index is 0.276. The maximum Gasteiger partial charge on any atom is 0.330 e. The molecule has 0 bridgehead atoms. The molecule has 2 rings (SSSR count). The van der Waals surface area contributed by atoms with Crippen LogP contribution in [0.2, 0.25) is 0 Å². The van der Waals surface area contributed by atoms with E-state index in [1.54, 1.807) is 7.05 Å². The lowest BCUT2D eigenvalue weighted by molar-refractivity contribution is 0.600. The van der Waals surface area contributed by atoms with Gasteiger partial charge in [-0.15, -0.1) is 0 Å². The first kappa shape index (κ1) is 15.3.